The lowest BCUT2D eigenvalue weighted by molar-refractivity contribution is -0.384. The van der Waals surface area contributed by atoms with Gasteiger partial charge < -0.3 is 19.5 Å². The molecule has 0 spiro atoms. The Bertz CT molecular complexity index is 1210. The molecule has 0 amide bonds. The van der Waals surface area contributed by atoms with Gasteiger partial charge in [-0.1, -0.05) is 17.7 Å². The predicted molar refractivity (Wildman–Crippen MR) is 127 cm³/mol. The highest BCUT2D eigenvalue weighted by Gasteiger charge is 2.20. The van der Waals surface area contributed by atoms with Crippen molar-refractivity contribution in [3.63, 3.8) is 0 Å². The van der Waals surface area contributed by atoms with E-state index in [1.807, 2.05) is 24.3 Å². The molecular weight excluding hydrogens is 446 g/mol. The van der Waals surface area contributed by atoms with E-state index in [1.165, 1.54) is 12.3 Å². The maximum absolute atomic E-state index is 12.4. The Balaban J connectivity index is 1.31. The van der Waals surface area contributed by atoms with Gasteiger partial charge in [0.2, 0.25) is 0 Å². The summed E-state index contributed by atoms with van der Waals surface area (Å²) >= 11 is 5.89. The highest BCUT2D eigenvalue weighted by Crippen LogP contribution is 2.25. The number of methoxy groups -OCH3 is 1. The zero-order chi connectivity index (χ0) is 23.4. The average Bonchev–Trinajstić information content (AvgIpc) is 2.83. The third-order valence-electron chi connectivity index (χ3n) is 6.08. The Morgan fingerprint density at radius 1 is 1.21 bits per heavy atom. The SMILES string of the molecule is COc1ccc2ncc(=O)n(CCN3CCC(NCc4ccc(Cl)c([N+](=O)[O-])c4)CC3)c2c1. The largest absolute Gasteiger partial charge is 0.497 e. The normalized spacial score (nSPS) is 15.1. The fourth-order valence-corrected chi connectivity index (χ4v) is 4.36. The first-order chi connectivity index (χ1) is 15.9. The van der Waals surface area contributed by atoms with Crippen LogP contribution in [0.25, 0.3) is 11.0 Å². The molecule has 0 saturated carbocycles. The molecule has 9 nitrogen and oxygen atoms in total. The summed E-state index contributed by atoms with van der Waals surface area (Å²) in [5.41, 5.74) is 2.19. The monoisotopic (exact) mass is 471 g/mol. The Morgan fingerprint density at radius 3 is 2.73 bits per heavy atom. The summed E-state index contributed by atoms with van der Waals surface area (Å²) in [7, 11) is 1.60. The molecule has 0 atom stereocenters. The van der Waals surface area contributed by atoms with Crippen LogP contribution in [0.1, 0.15) is 18.4 Å². The van der Waals surface area contributed by atoms with Crippen molar-refractivity contribution in [3.8, 4) is 5.75 Å². The smallest absolute Gasteiger partial charge is 0.288 e. The summed E-state index contributed by atoms with van der Waals surface area (Å²) in [6, 6.07) is 10.8. The standard InChI is InChI=1S/C23H26ClN5O4/c1-33-18-3-5-20-22(13-18)28(23(30)15-26-20)11-10-27-8-6-17(7-9-27)25-14-16-2-4-19(24)21(12-16)29(31)32/h2-5,12-13,15,17,25H,6-11,14H2,1H3. The lowest BCUT2D eigenvalue weighted by Crippen LogP contribution is -2.43. The highest BCUT2D eigenvalue weighted by atomic mass is 35.5. The van der Waals surface area contributed by atoms with Gasteiger partial charge in [0.15, 0.2) is 0 Å². The Kier molecular flexibility index (Phi) is 7.22. The van der Waals surface area contributed by atoms with Gasteiger partial charge in [0.05, 0.1) is 29.3 Å². The van der Waals surface area contributed by atoms with Crippen molar-refractivity contribution >= 4 is 28.3 Å². The van der Waals surface area contributed by atoms with Crippen molar-refractivity contribution in [1.82, 2.24) is 19.8 Å². The van der Waals surface area contributed by atoms with E-state index in [0.717, 1.165) is 49.1 Å². The third kappa shape index (κ3) is 5.50. The van der Waals surface area contributed by atoms with E-state index in [1.54, 1.807) is 17.7 Å². The maximum Gasteiger partial charge on any atom is 0.288 e. The van der Waals surface area contributed by atoms with Gasteiger partial charge in [0.25, 0.3) is 11.2 Å². The van der Waals surface area contributed by atoms with Gasteiger partial charge in [-0.25, -0.2) is 4.98 Å². The van der Waals surface area contributed by atoms with Gasteiger partial charge >= 0.3 is 0 Å². The molecule has 1 aliphatic heterocycles. The summed E-state index contributed by atoms with van der Waals surface area (Å²) in [5, 5.41) is 14.7. The molecule has 4 rings (SSSR count). The van der Waals surface area contributed by atoms with E-state index < -0.39 is 4.92 Å². The number of nitro benzene ring substituents is 1. The number of benzene rings is 2. The van der Waals surface area contributed by atoms with Crippen LogP contribution in [-0.4, -0.2) is 52.2 Å². The quantitative estimate of drug-likeness (QED) is 0.397. The number of halogens is 1. The number of hydrogen-bond acceptors (Lipinski definition) is 7. The first-order valence-electron chi connectivity index (χ1n) is 10.9. The zero-order valence-corrected chi connectivity index (χ0v) is 19.1. The molecular formula is C23H26ClN5O4. The Morgan fingerprint density at radius 2 is 2.00 bits per heavy atom. The molecule has 33 heavy (non-hydrogen) atoms. The number of piperidine rings is 1. The molecule has 10 heteroatoms. The second-order valence-corrected chi connectivity index (χ2v) is 8.55. The van der Waals surface area contributed by atoms with Crippen molar-refractivity contribution in [2.45, 2.75) is 32.0 Å². The molecule has 0 bridgehead atoms. The predicted octanol–water partition coefficient (Wildman–Crippen LogP) is 3.22. The molecule has 1 saturated heterocycles. The second-order valence-electron chi connectivity index (χ2n) is 8.14. The van der Waals surface area contributed by atoms with Crippen LogP contribution >= 0.6 is 11.6 Å². The van der Waals surface area contributed by atoms with E-state index >= 15 is 0 Å². The number of nitro groups is 1. The minimum absolute atomic E-state index is 0.0673. The molecule has 1 fully saturated rings. The first-order valence-corrected chi connectivity index (χ1v) is 11.2. The average molecular weight is 472 g/mol. The topological polar surface area (TPSA) is 103 Å². The van der Waals surface area contributed by atoms with Crippen molar-refractivity contribution in [3.05, 3.63) is 73.6 Å². The fourth-order valence-electron chi connectivity index (χ4n) is 4.17. The number of nitrogens with zero attached hydrogens (tertiary/aromatic N) is 4. The number of rotatable bonds is 8. The van der Waals surface area contributed by atoms with E-state index in [0.29, 0.717) is 24.9 Å². The molecule has 2 aromatic carbocycles. The van der Waals surface area contributed by atoms with E-state index in [4.69, 9.17) is 16.3 Å². The number of aromatic nitrogens is 2. The van der Waals surface area contributed by atoms with Crippen molar-refractivity contribution < 1.29 is 9.66 Å². The molecule has 174 valence electrons. The van der Waals surface area contributed by atoms with Crippen LogP contribution in [0.15, 0.2) is 47.4 Å². The van der Waals surface area contributed by atoms with Gasteiger partial charge in [-0.3, -0.25) is 14.9 Å². The minimum atomic E-state index is -0.461. The summed E-state index contributed by atoms with van der Waals surface area (Å²) in [6.45, 7) is 3.74. The van der Waals surface area contributed by atoms with Crippen LogP contribution in [0.5, 0.6) is 5.75 Å². The first kappa shape index (κ1) is 23.2. The number of nitrogens with one attached hydrogen (secondary N) is 1. The lowest BCUT2D eigenvalue weighted by Gasteiger charge is -2.32. The number of ether oxygens (including phenoxy) is 1. The molecule has 1 N–H and O–H groups in total. The Labute approximate surface area is 196 Å². The number of likely N-dealkylation sites (tertiary alicyclic amines) is 1. The van der Waals surface area contributed by atoms with Gasteiger partial charge in [0, 0.05) is 37.8 Å². The van der Waals surface area contributed by atoms with Crippen LogP contribution in [0.2, 0.25) is 5.02 Å². The van der Waals surface area contributed by atoms with Crippen LogP contribution in [0.3, 0.4) is 0 Å². The van der Waals surface area contributed by atoms with Crippen LogP contribution in [-0.2, 0) is 13.1 Å². The van der Waals surface area contributed by atoms with Crippen LogP contribution in [0, 0.1) is 10.1 Å². The van der Waals surface area contributed by atoms with Crippen molar-refractivity contribution in [2.75, 3.05) is 26.7 Å². The van der Waals surface area contributed by atoms with Crippen molar-refractivity contribution in [1.29, 1.82) is 0 Å². The molecule has 1 aliphatic rings. The summed E-state index contributed by atoms with van der Waals surface area (Å²) < 4.78 is 7.05. The number of hydrogen-bond donors (Lipinski definition) is 1. The van der Waals surface area contributed by atoms with Crippen LogP contribution < -0.4 is 15.6 Å². The van der Waals surface area contributed by atoms with E-state index in [-0.39, 0.29) is 16.3 Å². The fraction of sp³-hybridized carbons (Fsp3) is 0.391. The second kappa shape index (κ2) is 10.3. The third-order valence-corrected chi connectivity index (χ3v) is 6.40. The summed E-state index contributed by atoms with van der Waals surface area (Å²) in [5.74, 6) is 0.696. The van der Waals surface area contributed by atoms with Gasteiger partial charge in [-0.15, -0.1) is 0 Å². The molecule has 1 aromatic heterocycles. The molecule has 0 unspecified atom stereocenters. The molecule has 0 aliphatic carbocycles. The van der Waals surface area contributed by atoms with Gasteiger partial charge in [-0.2, -0.15) is 0 Å². The van der Waals surface area contributed by atoms with Crippen LogP contribution in [0.4, 0.5) is 5.69 Å². The summed E-state index contributed by atoms with van der Waals surface area (Å²) in [4.78, 5) is 29.6. The van der Waals surface area contributed by atoms with Gasteiger partial charge in [0.1, 0.15) is 10.8 Å². The summed E-state index contributed by atoms with van der Waals surface area (Å²) in [6.07, 6.45) is 3.30. The molecule has 3 aromatic rings. The molecule has 2 heterocycles. The van der Waals surface area contributed by atoms with Crippen molar-refractivity contribution in [2.24, 2.45) is 0 Å². The van der Waals surface area contributed by atoms with E-state index in [2.05, 4.69) is 15.2 Å². The maximum atomic E-state index is 12.4. The minimum Gasteiger partial charge on any atom is -0.497 e. The number of fused-ring (bicyclic) bond motifs is 1. The van der Waals surface area contributed by atoms with Gasteiger partial charge in [-0.05, 0) is 49.7 Å². The highest BCUT2D eigenvalue weighted by molar-refractivity contribution is 6.32. The zero-order valence-electron chi connectivity index (χ0n) is 18.4. The van der Waals surface area contributed by atoms with E-state index in [9.17, 15) is 14.9 Å². The molecule has 0 radical (unpaired) electrons. The Hall–Kier alpha value is -3.01. The lowest BCUT2D eigenvalue weighted by atomic mass is 10.0.